The molecule has 0 aliphatic carbocycles. The number of piperazine rings is 1. The minimum absolute atomic E-state index is 0.0584. The Morgan fingerprint density at radius 1 is 1.15 bits per heavy atom. The molecular weight excluding hydrogens is 256 g/mol. The minimum atomic E-state index is -0.203. The van der Waals surface area contributed by atoms with Gasteiger partial charge in [0.2, 0.25) is 5.91 Å². The van der Waals surface area contributed by atoms with Crippen LogP contribution in [0.2, 0.25) is 0 Å². The normalized spacial score (nSPS) is 15.5. The van der Waals surface area contributed by atoms with Gasteiger partial charge in [0.05, 0.1) is 11.6 Å². The van der Waals surface area contributed by atoms with Gasteiger partial charge in [0, 0.05) is 38.7 Å². The molecule has 6 heteroatoms. The van der Waals surface area contributed by atoms with Gasteiger partial charge < -0.3 is 4.90 Å². The zero-order valence-corrected chi connectivity index (χ0v) is 11.3. The average Bonchev–Trinajstić information content (AvgIpc) is 2.48. The molecule has 6 nitrogen and oxygen atoms in total. The first-order valence-electron chi connectivity index (χ1n) is 6.42. The molecule has 1 heterocycles. The molecule has 0 saturated carbocycles. The van der Waals surface area contributed by atoms with Gasteiger partial charge in [-0.1, -0.05) is 0 Å². The fourth-order valence-corrected chi connectivity index (χ4v) is 2.04. The lowest BCUT2D eigenvalue weighted by molar-refractivity contribution is -0.130. The van der Waals surface area contributed by atoms with Gasteiger partial charge in [-0.2, -0.15) is 5.26 Å². The molecule has 0 unspecified atom stereocenters. The Hall–Kier alpha value is -2.39. The lowest BCUT2D eigenvalue weighted by atomic mass is 10.1. The lowest BCUT2D eigenvalue weighted by Gasteiger charge is -2.34. The van der Waals surface area contributed by atoms with Gasteiger partial charge in [-0.3, -0.25) is 15.0 Å². The molecule has 1 aromatic carbocycles. The monoisotopic (exact) mass is 272 g/mol. The summed E-state index contributed by atoms with van der Waals surface area (Å²) in [5, 5.41) is 10.5. The summed E-state index contributed by atoms with van der Waals surface area (Å²) in [6.07, 6.45) is 0. The predicted molar refractivity (Wildman–Crippen MR) is 72.5 cm³/mol. The third-order valence-electron chi connectivity index (χ3n) is 3.26. The number of hydrazine groups is 1. The molecular formula is C14H16N4O2. The maximum absolute atomic E-state index is 12.0. The van der Waals surface area contributed by atoms with Crippen LogP contribution in [0.3, 0.4) is 0 Å². The van der Waals surface area contributed by atoms with Crippen molar-refractivity contribution in [1.29, 1.82) is 5.26 Å². The highest BCUT2D eigenvalue weighted by molar-refractivity contribution is 5.93. The second kappa shape index (κ2) is 6.17. The van der Waals surface area contributed by atoms with Gasteiger partial charge in [-0.25, -0.2) is 5.01 Å². The third-order valence-corrected chi connectivity index (χ3v) is 3.26. The standard InChI is InChI=1S/C14H16N4O2/c1-11(19)17-6-8-18(9-7-17)16-14(20)13-4-2-12(10-15)3-5-13/h2-5H,6-9H2,1H3,(H,16,20). The number of benzene rings is 1. The van der Waals surface area contributed by atoms with Crippen LogP contribution in [0.4, 0.5) is 0 Å². The van der Waals surface area contributed by atoms with Crippen molar-refractivity contribution >= 4 is 11.8 Å². The first kappa shape index (κ1) is 14.0. The smallest absolute Gasteiger partial charge is 0.265 e. The number of hydrogen-bond donors (Lipinski definition) is 1. The van der Waals surface area contributed by atoms with Gasteiger partial charge >= 0.3 is 0 Å². The number of rotatable bonds is 2. The minimum Gasteiger partial charge on any atom is -0.340 e. The summed E-state index contributed by atoms with van der Waals surface area (Å²) in [5.41, 5.74) is 3.84. The summed E-state index contributed by atoms with van der Waals surface area (Å²) in [4.78, 5) is 25.0. The van der Waals surface area contributed by atoms with Crippen molar-refractivity contribution < 1.29 is 9.59 Å². The number of nitrogens with one attached hydrogen (secondary N) is 1. The molecule has 2 rings (SSSR count). The van der Waals surface area contributed by atoms with E-state index in [2.05, 4.69) is 5.43 Å². The van der Waals surface area contributed by atoms with Crippen molar-refractivity contribution in [1.82, 2.24) is 15.3 Å². The highest BCUT2D eigenvalue weighted by Gasteiger charge is 2.20. The van der Waals surface area contributed by atoms with E-state index in [-0.39, 0.29) is 11.8 Å². The summed E-state index contributed by atoms with van der Waals surface area (Å²) in [6, 6.07) is 8.49. The van der Waals surface area contributed by atoms with Crippen LogP contribution in [-0.2, 0) is 4.79 Å². The molecule has 1 saturated heterocycles. The summed E-state index contributed by atoms with van der Waals surface area (Å²) in [5.74, 6) is -0.145. The van der Waals surface area contributed by atoms with Crippen LogP contribution in [0.15, 0.2) is 24.3 Å². The second-order valence-corrected chi connectivity index (χ2v) is 4.62. The number of carbonyl (C=O) groups excluding carboxylic acids is 2. The Morgan fingerprint density at radius 3 is 2.25 bits per heavy atom. The maximum Gasteiger partial charge on any atom is 0.265 e. The summed E-state index contributed by atoms with van der Waals surface area (Å²) in [6.45, 7) is 4.00. The number of hydrogen-bond acceptors (Lipinski definition) is 4. The number of nitrogens with zero attached hydrogens (tertiary/aromatic N) is 3. The van der Waals surface area contributed by atoms with Crippen LogP contribution in [0.1, 0.15) is 22.8 Å². The summed E-state index contributed by atoms with van der Waals surface area (Å²) < 4.78 is 0. The molecule has 0 bridgehead atoms. The lowest BCUT2D eigenvalue weighted by Crippen LogP contribution is -2.54. The molecule has 0 radical (unpaired) electrons. The van der Waals surface area contributed by atoms with Gasteiger partial charge in [-0.15, -0.1) is 0 Å². The van der Waals surface area contributed by atoms with E-state index < -0.39 is 0 Å². The highest BCUT2D eigenvalue weighted by atomic mass is 16.2. The fraction of sp³-hybridized carbons (Fsp3) is 0.357. The summed E-state index contributed by atoms with van der Waals surface area (Å²) >= 11 is 0. The van der Waals surface area contributed by atoms with Crippen LogP contribution in [-0.4, -0.2) is 47.9 Å². The average molecular weight is 272 g/mol. The number of nitriles is 1. The van der Waals surface area contributed by atoms with Gasteiger partial charge in [0.15, 0.2) is 0 Å². The van der Waals surface area contributed by atoms with Crippen LogP contribution in [0.5, 0.6) is 0 Å². The summed E-state index contributed by atoms with van der Waals surface area (Å²) in [7, 11) is 0. The van der Waals surface area contributed by atoms with Crippen molar-refractivity contribution in [3.63, 3.8) is 0 Å². The molecule has 0 aromatic heterocycles. The van der Waals surface area contributed by atoms with Crippen molar-refractivity contribution in [2.24, 2.45) is 0 Å². The Balaban J connectivity index is 1.89. The number of carbonyl (C=O) groups is 2. The molecule has 1 fully saturated rings. The van der Waals surface area contributed by atoms with Gasteiger partial charge in [0.25, 0.3) is 5.91 Å². The van der Waals surface area contributed by atoms with Gasteiger partial charge in [-0.05, 0) is 24.3 Å². The predicted octanol–water partition coefficient (Wildman–Crippen LogP) is 0.367. The highest BCUT2D eigenvalue weighted by Crippen LogP contribution is 2.05. The van der Waals surface area contributed by atoms with E-state index in [0.29, 0.717) is 37.3 Å². The van der Waals surface area contributed by atoms with Crippen LogP contribution in [0, 0.1) is 11.3 Å². The Labute approximate surface area is 117 Å². The molecule has 1 N–H and O–H groups in total. The Kier molecular flexibility index (Phi) is 4.33. The number of amides is 2. The molecule has 1 aliphatic rings. The topological polar surface area (TPSA) is 76.4 Å². The van der Waals surface area contributed by atoms with Crippen molar-refractivity contribution in [2.45, 2.75) is 6.92 Å². The van der Waals surface area contributed by atoms with Gasteiger partial charge in [0.1, 0.15) is 0 Å². The van der Waals surface area contributed by atoms with E-state index in [1.54, 1.807) is 41.1 Å². The second-order valence-electron chi connectivity index (χ2n) is 4.62. The van der Waals surface area contributed by atoms with Crippen molar-refractivity contribution in [2.75, 3.05) is 26.2 Å². The fourth-order valence-electron chi connectivity index (χ4n) is 2.04. The molecule has 1 aromatic rings. The van der Waals surface area contributed by atoms with E-state index in [1.165, 1.54) is 0 Å². The van der Waals surface area contributed by atoms with Crippen molar-refractivity contribution in [3.05, 3.63) is 35.4 Å². The van der Waals surface area contributed by atoms with E-state index in [1.807, 2.05) is 6.07 Å². The molecule has 20 heavy (non-hydrogen) atoms. The molecule has 104 valence electrons. The van der Waals surface area contributed by atoms with Crippen LogP contribution in [0.25, 0.3) is 0 Å². The SMILES string of the molecule is CC(=O)N1CCN(NC(=O)c2ccc(C#N)cc2)CC1. The zero-order chi connectivity index (χ0) is 14.5. The Morgan fingerprint density at radius 2 is 1.75 bits per heavy atom. The van der Waals surface area contributed by atoms with E-state index in [4.69, 9.17) is 5.26 Å². The maximum atomic E-state index is 12.0. The zero-order valence-electron chi connectivity index (χ0n) is 11.3. The van der Waals surface area contributed by atoms with E-state index in [0.717, 1.165) is 0 Å². The third kappa shape index (κ3) is 3.33. The molecule has 0 spiro atoms. The molecule has 1 aliphatic heterocycles. The quantitative estimate of drug-likeness (QED) is 0.843. The largest absolute Gasteiger partial charge is 0.340 e. The molecule has 0 atom stereocenters. The van der Waals surface area contributed by atoms with Crippen LogP contribution >= 0.6 is 0 Å². The van der Waals surface area contributed by atoms with Crippen LogP contribution < -0.4 is 5.43 Å². The Bertz CT molecular complexity index is 539. The first-order chi connectivity index (χ1) is 9.60. The first-order valence-corrected chi connectivity index (χ1v) is 6.42. The van der Waals surface area contributed by atoms with E-state index >= 15 is 0 Å². The van der Waals surface area contributed by atoms with E-state index in [9.17, 15) is 9.59 Å². The van der Waals surface area contributed by atoms with Crippen molar-refractivity contribution in [3.8, 4) is 6.07 Å². The molecule has 2 amide bonds.